The SMILES string of the molecule is O=C(O)c1ccc(-n2cc(/C=N/Nc3cc(F)ccc3F)c(-c3ccc(F)cc3F)n2)cc1. The van der Waals surface area contributed by atoms with Gasteiger partial charge in [0.25, 0.3) is 0 Å². The van der Waals surface area contributed by atoms with Crippen LogP contribution in [0.3, 0.4) is 0 Å². The summed E-state index contributed by atoms with van der Waals surface area (Å²) in [5.74, 6) is -4.12. The van der Waals surface area contributed by atoms with Gasteiger partial charge in [-0.3, -0.25) is 5.43 Å². The second kappa shape index (κ2) is 8.95. The summed E-state index contributed by atoms with van der Waals surface area (Å²) in [6.07, 6.45) is 2.69. The number of hydrazone groups is 1. The third-order valence-corrected chi connectivity index (χ3v) is 4.62. The molecule has 0 aliphatic rings. The summed E-state index contributed by atoms with van der Waals surface area (Å²) in [5, 5.41) is 17.3. The van der Waals surface area contributed by atoms with Gasteiger partial charge in [0, 0.05) is 29.5 Å². The van der Waals surface area contributed by atoms with Crippen LogP contribution >= 0.6 is 0 Å². The number of hydrogen-bond acceptors (Lipinski definition) is 4. The molecule has 0 radical (unpaired) electrons. The molecule has 0 spiro atoms. The number of carbonyl (C=O) groups is 1. The van der Waals surface area contributed by atoms with Crippen LogP contribution in [0.1, 0.15) is 15.9 Å². The first-order valence-corrected chi connectivity index (χ1v) is 9.45. The van der Waals surface area contributed by atoms with E-state index in [0.717, 1.165) is 24.3 Å². The van der Waals surface area contributed by atoms with Crippen LogP contribution in [0.15, 0.2) is 72.0 Å². The molecule has 4 rings (SSSR count). The zero-order chi connectivity index (χ0) is 23.5. The zero-order valence-electron chi connectivity index (χ0n) is 16.6. The lowest BCUT2D eigenvalue weighted by Gasteiger charge is -2.03. The predicted molar refractivity (Wildman–Crippen MR) is 113 cm³/mol. The minimum Gasteiger partial charge on any atom is -0.478 e. The van der Waals surface area contributed by atoms with E-state index in [-0.39, 0.29) is 28.1 Å². The Morgan fingerprint density at radius 1 is 0.939 bits per heavy atom. The van der Waals surface area contributed by atoms with Gasteiger partial charge in [-0.15, -0.1) is 0 Å². The highest BCUT2D eigenvalue weighted by Gasteiger charge is 2.16. The first-order valence-electron chi connectivity index (χ1n) is 9.45. The molecule has 0 bridgehead atoms. The lowest BCUT2D eigenvalue weighted by Crippen LogP contribution is -1.99. The number of carboxylic acids is 1. The Balaban J connectivity index is 1.73. The third kappa shape index (κ3) is 4.74. The van der Waals surface area contributed by atoms with Crippen molar-refractivity contribution in [2.75, 3.05) is 5.43 Å². The van der Waals surface area contributed by atoms with Gasteiger partial charge in [-0.25, -0.2) is 27.0 Å². The van der Waals surface area contributed by atoms with Gasteiger partial charge in [0.2, 0.25) is 0 Å². The van der Waals surface area contributed by atoms with Crippen molar-refractivity contribution < 1.29 is 27.5 Å². The van der Waals surface area contributed by atoms with Crippen molar-refractivity contribution in [3.8, 4) is 16.9 Å². The van der Waals surface area contributed by atoms with Crippen LogP contribution in [0, 0.1) is 23.3 Å². The highest BCUT2D eigenvalue weighted by Crippen LogP contribution is 2.26. The fourth-order valence-electron chi connectivity index (χ4n) is 3.02. The van der Waals surface area contributed by atoms with Gasteiger partial charge in [-0.2, -0.15) is 10.2 Å². The molecule has 1 heterocycles. The first kappa shape index (κ1) is 21.8. The van der Waals surface area contributed by atoms with Crippen LogP contribution in [0.25, 0.3) is 16.9 Å². The minimum atomic E-state index is -1.10. The number of halogens is 4. The highest BCUT2D eigenvalue weighted by atomic mass is 19.1. The van der Waals surface area contributed by atoms with Crippen molar-refractivity contribution in [2.45, 2.75) is 0 Å². The molecule has 4 aromatic rings. The fraction of sp³-hybridized carbons (Fsp3) is 0. The Morgan fingerprint density at radius 3 is 2.33 bits per heavy atom. The highest BCUT2D eigenvalue weighted by molar-refractivity contribution is 5.89. The standard InChI is InChI=1S/C23H14F4N4O2/c24-15-3-7-18(20(27)9-15)22-14(11-28-29-21-10-16(25)4-8-19(21)26)12-31(30-22)17-5-1-13(2-6-17)23(32)33/h1-12,29H,(H,32,33)/b28-11+. The number of nitrogens with one attached hydrogen (secondary N) is 1. The minimum absolute atomic E-state index is 0.0179. The quantitative estimate of drug-likeness (QED) is 0.237. The Hall–Kier alpha value is -4.47. The van der Waals surface area contributed by atoms with E-state index in [9.17, 15) is 22.4 Å². The summed E-state index contributed by atoms with van der Waals surface area (Å²) < 4.78 is 56.3. The van der Waals surface area contributed by atoms with Crippen molar-refractivity contribution in [1.82, 2.24) is 9.78 Å². The number of aromatic carboxylic acids is 1. The Morgan fingerprint density at radius 2 is 1.64 bits per heavy atom. The summed E-state index contributed by atoms with van der Waals surface area (Å²) in [6.45, 7) is 0. The number of benzene rings is 3. The summed E-state index contributed by atoms with van der Waals surface area (Å²) >= 11 is 0. The molecular formula is C23H14F4N4O2. The molecular weight excluding hydrogens is 440 g/mol. The molecule has 166 valence electrons. The van der Waals surface area contributed by atoms with E-state index >= 15 is 0 Å². The molecule has 0 aliphatic heterocycles. The largest absolute Gasteiger partial charge is 0.478 e. The molecule has 0 amide bonds. The normalized spacial score (nSPS) is 11.2. The summed E-state index contributed by atoms with van der Waals surface area (Å²) in [6, 6.07) is 11.6. The fourth-order valence-corrected chi connectivity index (χ4v) is 3.02. The summed E-state index contributed by atoms with van der Waals surface area (Å²) in [4.78, 5) is 11.1. The molecule has 0 atom stereocenters. The second-order valence-electron chi connectivity index (χ2n) is 6.85. The van der Waals surface area contributed by atoms with E-state index in [4.69, 9.17) is 5.11 Å². The van der Waals surface area contributed by atoms with Gasteiger partial charge in [0.15, 0.2) is 0 Å². The Labute approximate surface area is 184 Å². The van der Waals surface area contributed by atoms with E-state index in [0.29, 0.717) is 11.8 Å². The number of anilines is 1. The average molecular weight is 454 g/mol. The van der Waals surface area contributed by atoms with Crippen LogP contribution in [0.2, 0.25) is 0 Å². The van der Waals surface area contributed by atoms with Crippen molar-refractivity contribution in [3.63, 3.8) is 0 Å². The van der Waals surface area contributed by atoms with Crippen molar-refractivity contribution in [2.24, 2.45) is 5.10 Å². The maximum atomic E-state index is 14.4. The molecule has 1 aromatic heterocycles. The van der Waals surface area contributed by atoms with Gasteiger partial charge in [-0.1, -0.05) is 0 Å². The number of rotatable bonds is 6. The number of hydrogen-bond donors (Lipinski definition) is 2. The maximum absolute atomic E-state index is 14.4. The molecule has 33 heavy (non-hydrogen) atoms. The topological polar surface area (TPSA) is 79.5 Å². The van der Waals surface area contributed by atoms with Gasteiger partial charge >= 0.3 is 5.97 Å². The molecule has 0 unspecified atom stereocenters. The second-order valence-corrected chi connectivity index (χ2v) is 6.85. The van der Waals surface area contributed by atoms with E-state index in [1.54, 1.807) is 0 Å². The lowest BCUT2D eigenvalue weighted by atomic mass is 10.1. The number of aromatic nitrogens is 2. The third-order valence-electron chi connectivity index (χ3n) is 4.62. The molecule has 0 aliphatic carbocycles. The van der Waals surface area contributed by atoms with Gasteiger partial charge < -0.3 is 5.11 Å². The number of nitrogens with zero attached hydrogens (tertiary/aromatic N) is 3. The predicted octanol–water partition coefficient (Wildman–Crippen LogP) is 5.24. The smallest absolute Gasteiger partial charge is 0.335 e. The first-order chi connectivity index (χ1) is 15.8. The zero-order valence-corrected chi connectivity index (χ0v) is 16.6. The Kier molecular flexibility index (Phi) is 5.90. The lowest BCUT2D eigenvalue weighted by molar-refractivity contribution is 0.0697. The van der Waals surface area contributed by atoms with Crippen LogP contribution in [-0.4, -0.2) is 27.1 Å². The molecule has 6 nitrogen and oxygen atoms in total. The van der Waals surface area contributed by atoms with Gasteiger partial charge in [-0.05, 0) is 48.5 Å². The summed E-state index contributed by atoms with van der Waals surface area (Å²) in [7, 11) is 0. The van der Waals surface area contributed by atoms with E-state index < -0.39 is 29.2 Å². The van der Waals surface area contributed by atoms with E-state index in [2.05, 4.69) is 15.6 Å². The Bertz CT molecular complexity index is 1370. The van der Waals surface area contributed by atoms with Gasteiger partial charge in [0.05, 0.1) is 23.2 Å². The van der Waals surface area contributed by atoms with Crippen molar-refractivity contribution in [1.29, 1.82) is 0 Å². The molecule has 0 saturated carbocycles. The molecule has 2 N–H and O–H groups in total. The van der Waals surface area contributed by atoms with Crippen LogP contribution in [0.4, 0.5) is 23.2 Å². The molecule has 3 aromatic carbocycles. The van der Waals surface area contributed by atoms with E-state index in [1.165, 1.54) is 47.4 Å². The monoisotopic (exact) mass is 454 g/mol. The van der Waals surface area contributed by atoms with Crippen LogP contribution in [0.5, 0.6) is 0 Å². The van der Waals surface area contributed by atoms with Crippen molar-refractivity contribution >= 4 is 17.9 Å². The van der Waals surface area contributed by atoms with E-state index in [1.807, 2.05) is 0 Å². The summed E-state index contributed by atoms with van der Waals surface area (Å²) in [5.41, 5.74) is 3.04. The van der Waals surface area contributed by atoms with Gasteiger partial charge in [0.1, 0.15) is 29.0 Å². The molecule has 0 fully saturated rings. The average Bonchev–Trinajstić information content (AvgIpc) is 3.20. The molecule has 10 heteroatoms. The maximum Gasteiger partial charge on any atom is 0.335 e. The van der Waals surface area contributed by atoms with Crippen LogP contribution in [-0.2, 0) is 0 Å². The number of carboxylic acid groups (broad SMARTS) is 1. The van der Waals surface area contributed by atoms with Crippen molar-refractivity contribution in [3.05, 3.63) is 101 Å². The molecule has 0 saturated heterocycles. The van der Waals surface area contributed by atoms with Crippen LogP contribution < -0.4 is 5.43 Å².